The molecule has 38 heavy (non-hydrogen) atoms. The van der Waals surface area contributed by atoms with Gasteiger partial charge < -0.3 is 36.2 Å². The molecule has 4 amide bonds. The number of carboxylic acid groups (broad SMARTS) is 1. The molecule has 15 heteroatoms. The summed E-state index contributed by atoms with van der Waals surface area (Å²) in [6, 6.07) is -1.91. The van der Waals surface area contributed by atoms with Gasteiger partial charge in [0.05, 0.1) is 24.5 Å². The third-order valence-corrected chi connectivity index (χ3v) is 9.21. The molecule has 0 radical (unpaired) electrons. The number of nitrogens with zero attached hydrogens (tertiary/aromatic N) is 3. The number of nitrogens with one attached hydrogen (secondary N) is 2. The lowest BCUT2D eigenvalue weighted by atomic mass is 9.78. The minimum atomic E-state index is -3.22. The highest BCUT2D eigenvalue weighted by molar-refractivity contribution is 8.03. The maximum Gasteiger partial charge on any atom is 0.353 e. The van der Waals surface area contributed by atoms with Gasteiger partial charge in [0.1, 0.15) is 5.70 Å². The van der Waals surface area contributed by atoms with Crippen molar-refractivity contribution in [3.8, 4) is 0 Å². The molecule has 0 bridgehead atoms. The Morgan fingerprint density at radius 2 is 1.82 bits per heavy atom. The molecule has 4 rings (SSSR count). The molecule has 4 aliphatic rings. The second kappa shape index (κ2) is 11.1. The highest BCUT2D eigenvalue weighted by Crippen LogP contribution is 2.51. The number of aliphatic carboxylic acids is 1. The Kier molecular flexibility index (Phi) is 8.28. The van der Waals surface area contributed by atoms with Gasteiger partial charge in [-0.3, -0.25) is 19.2 Å². The fraction of sp³-hybridized carbons (Fsp3) is 0.696. The van der Waals surface area contributed by atoms with Crippen molar-refractivity contribution in [3.05, 3.63) is 10.6 Å². The van der Waals surface area contributed by atoms with Crippen molar-refractivity contribution in [3.63, 3.8) is 0 Å². The number of thioether (sulfide) groups is 1. The van der Waals surface area contributed by atoms with Crippen LogP contribution in [0.1, 0.15) is 20.3 Å². The second-order valence-corrected chi connectivity index (χ2v) is 11.3. The van der Waals surface area contributed by atoms with Gasteiger partial charge in [0.2, 0.25) is 17.7 Å². The van der Waals surface area contributed by atoms with Crippen LogP contribution in [0.5, 0.6) is 0 Å². The summed E-state index contributed by atoms with van der Waals surface area (Å²) in [6.45, 7) is 5.28. The van der Waals surface area contributed by atoms with Crippen LogP contribution >= 0.6 is 11.8 Å². The monoisotopic (exact) mass is 558 g/mol. The van der Waals surface area contributed by atoms with Crippen LogP contribution in [0.25, 0.3) is 0 Å². The lowest BCUT2D eigenvalue weighted by Crippen LogP contribution is -2.66. The first-order valence-electron chi connectivity index (χ1n) is 12.5. The van der Waals surface area contributed by atoms with Crippen LogP contribution < -0.4 is 16.4 Å². The molecule has 3 fully saturated rings. The smallest absolute Gasteiger partial charge is 0.353 e. The number of halogens is 2. The van der Waals surface area contributed by atoms with Gasteiger partial charge in [-0.15, -0.1) is 11.8 Å². The molecule has 6 atom stereocenters. The molecule has 12 nitrogen and oxygen atoms in total. The Morgan fingerprint density at radius 3 is 2.39 bits per heavy atom. The number of nitrogens with two attached hydrogens (primary N) is 1. The molecule has 0 unspecified atom stereocenters. The van der Waals surface area contributed by atoms with Crippen LogP contribution in [0, 0.1) is 11.8 Å². The van der Waals surface area contributed by atoms with E-state index in [9.17, 15) is 37.9 Å². The van der Waals surface area contributed by atoms with Gasteiger partial charge in [-0.1, -0.05) is 6.92 Å². The quantitative estimate of drug-likeness (QED) is 0.263. The van der Waals surface area contributed by atoms with Gasteiger partial charge >= 0.3 is 12.4 Å². The number of fused-ring (bicyclic) bond motifs is 1. The van der Waals surface area contributed by atoms with Gasteiger partial charge in [-0.2, -0.15) is 8.78 Å². The largest absolute Gasteiger partial charge is 0.477 e. The molecular weight excluding hydrogens is 526 g/mol. The summed E-state index contributed by atoms with van der Waals surface area (Å²) in [7, 11) is 0. The molecule has 0 spiro atoms. The summed E-state index contributed by atoms with van der Waals surface area (Å²) in [6.07, 6.45) is -2.76. The molecule has 0 aliphatic carbocycles. The number of carbonyl (C=O) groups is 5. The molecule has 0 aromatic heterocycles. The third kappa shape index (κ3) is 5.10. The molecule has 0 aromatic rings. The minimum Gasteiger partial charge on any atom is -0.477 e. The molecule has 4 aliphatic heterocycles. The van der Waals surface area contributed by atoms with E-state index in [1.165, 1.54) is 23.6 Å². The van der Waals surface area contributed by atoms with Gasteiger partial charge in [0.25, 0.3) is 5.91 Å². The fourth-order valence-corrected chi connectivity index (χ4v) is 7.24. The Balaban J connectivity index is 1.39. The van der Waals surface area contributed by atoms with E-state index in [0.717, 1.165) is 0 Å². The van der Waals surface area contributed by atoms with E-state index in [4.69, 9.17) is 5.73 Å². The van der Waals surface area contributed by atoms with Crippen LogP contribution in [0.4, 0.5) is 8.78 Å². The molecule has 0 saturated carbocycles. The molecule has 5 N–H and O–H groups in total. The molecule has 4 heterocycles. The fourth-order valence-electron chi connectivity index (χ4n) is 5.76. The summed E-state index contributed by atoms with van der Waals surface area (Å²) in [5.41, 5.74) is 5.28. The zero-order chi connectivity index (χ0) is 27.9. The maximum atomic E-state index is 13.1. The van der Waals surface area contributed by atoms with Crippen molar-refractivity contribution in [2.75, 3.05) is 39.3 Å². The van der Waals surface area contributed by atoms with Crippen molar-refractivity contribution in [1.29, 1.82) is 0 Å². The second-order valence-electron chi connectivity index (χ2n) is 9.98. The van der Waals surface area contributed by atoms with Crippen molar-refractivity contribution in [2.24, 2.45) is 17.6 Å². The van der Waals surface area contributed by atoms with Crippen LogP contribution in [0.3, 0.4) is 0 Å². The summed E-state index contributed by atoms with van der Waals surface area (Å²) in [4.78, 5) is 66.3. The van der Waals surface area contributed by atoms with Crippen LogP contribution in [-0.4, -0.2) is 118 Å². The van der Waals surface area contributed by atoms with Crippen LogP contribution in [0.2, 0.25) is 0 Å². The van der Waals surface area contributed by atoms with Crippen molar-refractivity contribution >= 4 is 41.4 Å². The van der Waals surface area contributed by atoms with E-state index in [1.54, 1.807) is 16.7 Å². The van der Waals surface area contributed by atoms with E-state index in [-0.39, 0.29) is 35.2 Å². The average Bonchev–Trinajstić information content (AvgIpc) is 3.44. The summed E-state index contributed by atoms with van der Waals surface area (Å²) in [5, 5.41) is 15.1. The van der Waals surface area contributed by atoms with E-state index in [2.05, 4.69) is 10.6 Å². The van der Waals surface area contributed by atoms with Gasteiger partial charge in [0, 0.05) is 54.8 Å². The standard InChI is InChI=1S/C23H32F2N6O6S/c1-10-16-15(11(2)28-20(33)19(24)25)22(35)31(16)17(23(36)37)18(10)38-12-7-13(27-9-12)21(34)30-5-3-29(4-6-30)14(32)8-26/h10-13,15-16,19,27H,3-9,26H2,1-2H3,(H,28,33)(H,36,37)/t10-,11-,12+,13+,15-,16+/m1/s1. The molecule has 210 valence electrons. The zero-order valence-electron chi connectivity index (χ0n) is 21.1. The lowest BCUT2D eigenvalue weighted by molar-refractivity contribution is -0.159. The molecule has 0 aromatic carbocycles. The summed E-state index contributed by atoms with van der Waals surface area (Å²) in [5.74, 6) is -4.71. The minimum absolute atomic E-state index is 0.0719. The number of carboxylic acids is 1. The molecule has 3 saturated heterocycles. The zero-order valence-corrected chi connectivity index (χ0v) is 21.9. The molecular formula is C23H32F2N6O6S. The SMILES string of the molecule is C[C@@H](NC(=O)C(F)F)[C@H]1C(=O)N2C(C(=O)O)=C(S[C@@H]3CN[C@H](C(=O)N4CCN(C(=O)CN)CC4)C3)[C@H](C)[C@@H]12. The first kappa shape index (κ1) is 28.2. The highest BCUT2D eigenvalue weighted by Gasteiger charge is 2.60. The van der Waals surface area contributed by atoms with Gasteiger partial charge in [0.15, 0.2) is 0 Å². The Morgan fingerprint density at radius 1 is 1.18 bits per heavy atom. The number of β-lactam (4-membered cyclic amide) rings is 1. The number of rotatable bonds is 8. The summed E-state index contributed by atoms with van der Waals surface area (Å²) >= 11 is 1.31. The number of hydrogen-bond acceptors (Lipinski definition) is 8. The van der Waals surface area contributed by atoms with E-state index >= 15 is 0 Å². The normalized spacial score (nSPS) is 29.9. The highest BCUT2D eigenvalue weighted by atomic mass is 32.2. The van der Waals surface area contributed by atoms with Crippen molar-refractivity contribution < 1.29 is 37.9 Å². The Bertz CT molecular complexity index is 1050. The van der Waals surface area contributed by atoms with Gasteiger partial charge in [-0.25, -0.2) is 4.79 Å². The number of carbonyl (C=O) groups excluding carboxylic acids is 4. The van der Waals surface area contributed by atoms with Crippen molar-refractivity contribution in [2.45, 2.75) is 50.1 Å². The first-order valence-corrected chi connectivity index (χ1v) is 13.4. The van der Waals surface area contributed by atoms with E-state index in [0.29, 0.717) is 44.0 Å². The number of piperazine rings is 1. The maximum absolute atomic E-state index is 13.1. The number of alkyl halides is 2. The third-order valence-electron chi connectivity index (χ3n) is 7.70. The van der Waals surface area contributed by atoms with Crippen molar-refractivity contribution in [1.82, 2.24) is 25.3 Å². The van der Waals surface area contributed by atoms with E-state index in [1.807, 2.05) is 0 Å². The summed E-state index contributed by atoms with van der Waals surface area (Å²) < 4.78 is 25.4. The number of amides is 4. The number of hydrogen-bond donors (Lipinski definition) is 4. The van der Waals surface area contributed by atoms with E-state index < -0.39 is 48.3 Å². The lowest BCUT2D eigenvalue weighted by Gasteiger charge is -2.47. The predicted octanol–water partition coefficient (Wildman–Crippen LogP) is -1.38. The topological polar surface area (TPSA) is 165 Å². The average molecular weight is 559 g/mol. The predicted molar refractivity (Wildman–Crippen MR) is 132 cm³/mol. The van der Waals surface area contributed by atoms with Crippen LogP contribution in [-0.2, 0) is 24.0 Å². The van der Waals surface area contributed by atoms with Gasteiger partial charge in [-0.05, 0) is 13.3 Å². The van der Waals surface area contributed by atoms with Crippen LogP contribution in [0.15, 0.2) is 10.6 Å². The first-order chi connectivity index (χ1) is 18.0. The Labute approximate surface area is 222 Å². The Hall–Kier alpha value is -2.78.